The first-order valence-corrected chi connectivity index (χ1v) is 5.99. The number of hydrogen-bond acceptors (Lipinski definition) is 1. The standard InChI is InChI=1S/C10H6F14O/c11-5(12,7(15,16)9(19,20)21)4(2-1-3-25-4)6(13,14)8(17,18)10(22,23)24/h1-3H2. The second-order valence-electron chi connectivity index (χ2n) is 5.07. The van der Waals surface area contributed by atoms with Crippen LogP contribution in [0.1, 0.15) is 12.8 Å². The molecule has 25 heavy (non-hydrogen) atoms. The fourth-order valence-corrected chi connectivity index (χ4v) is 2.20. The second kappa shape index (κ2) is 5.49. The Hall–Kier alpha value is -1.02. The van der Waals surface area contributed by atoms with Gasteiger partial charge in [0.05, 0.1) is 0 Å². The topological polar surface area (TPSA) is 9.23 Å². The molecule has 0 aromatic rings. The third kappa shape index (κ3) is 2.63. The van der Waals surface area contributed by atoms with Gasteiger partial charge in [0, 0.05) is 6.61 Å². The van der Waals surface area contributed by atoms with Crippen molar-refractivity contribution in [2.24, 2.45) is 0 Å². The minimum atomic E-state index is -7.38. The van der Waals surface area contributed by atoms with Crippen molar-refractivity contribution in [2.45, 2.75) is 54.5 Å². The van der Waals surface area contributed by atoms with Gasteiger partial charge in [-0.2, -0.15) is 61.5 Å². The van der Waals surface area contributed by atoms with Crippen LogP contribution in [-0.4, -0.2) is 48.3 Å². The molecule has 0 aliphatic carbocycles. The van der Waals surface area contributed by atoms with Gasteiger partial charge < -0.3 is 4.74 Å². The van der Waals surface area contributed by atoms with Crippen molar-refractivity contribution in [3.63, 3.8) is 0 Å². The fraction of sp³-hybridized carbons (Fsp3) is 1.00. The molecule has 1 heterocycles. The van der Waals surface area contributed by atoms with Gasteiger partial charge >= 0.3 is 36.0 Å². The van der Waals surface area contributed by atoms with Gasteiger partial charge in [-0.1, -0.05) is 0 Å². The van der Waals surface area contributed by atoms with Crippen LogP contribution in [-0.2, 0) is 4.74 Å². The minimum Gasteiger partial charge on any atom is -0.362 e. The largest absolute Gasteiger partial charge is 0.459 e. The Balaban J connectivity index is 3.69. The summed E-state index contributed by atoms with van der Waals surface area (Å²) < 4.78 is 183. The van der Waals surface area contributed by atoms with E-state index in [4.69, 9.17) is 0 Å². The molecule has 1 aliphatic rings. The Morgan fingerprint density at radius 1 is 0.560 bits per heavy atom. The van der Waals surface area contributed by atoms with Crippen molar-refractivity contribution in [3.8, 4) is 0 Å². The Labute approximate surface area is 128 Å². The molecule has 1 nitrogen and oxygen atoms in total. The number of ether oxygens (including phenoxy) is 1. The highest BCUT2D eigenvalue weighted by molar-refractivity contribution is 5.18. The summed E-state index contributed by atoms with van der Waals surface area (Å²) in [6.45, 7) is -1.47. The molecular weight excluding hydrogens is 402 g/mol. The molecule has 0 radical (unpaired) electrons. The summed E-state index contributed by atoms with van der Waals surface area (Å²) in [6.07, 6.45) is -18.0. The van der Waals surface area contributed by atoms with E-state index in [-0.39, 0.29) is 0 Å². The zero-order valence-electron chi connectivity index (χ0n) is 11.3. The molecule has 150 valence electrons. The Kier molecular flexibility index (Phi) is 4.83. The van der Waals surface area contributed by atoms with E-state index in [9.17, 15) is 61.5 Å². The molecule has 0 unspecified atom stereocenters. The second-order valence-corrected chi connectivity index (χ2v) is 5.07. The van der Waals surface area contributed by atoms with Crippen molar-refractivity contribution in [1.29, 1.82) is 0 Å². The summed E-state index contributed by atoms with van der Waals surface area (Å²) in [7, 11) is 0. The van der Waals surface area contributed by atoms with Gasteiger partial charge in [0.15, 0.2) is 0 Å². The third-order valence-corrected chi connectivity index (χ3v) is 3.54. The maximum atomic E-state index is 13.7. The van der Waals surface area contributed by atoms with Gasteiger partial charge in [-0.15, -0.1) is 0 Å². The average Bonchev–Trinajstić information content (AvgIpc) is 2.86. The summed E-state index contributed by atoms with van der Waals surface area (Å²) >= 11 is 0. The van der Waals surface area contributed by atoms with E-state index in [2.05, 4.69) is 4.74 Å². The van der Waals surface area contributed by atoms with Gasteiger partial charge in [-0.3, -0.25) is 0 Å². The van der Waals surface area contributed by atoms with Crippen molar-refractivity contribution >= 4 is 0 Å². The normalized spacial score (nSPS) is 20.9. The highest BCUT2D eigenvalue weighted by Crippen LogP contribution is 2.64. The van der Waals surface area contributed by atoms with Crippen LogP contribution in [0.5, 0.6) is 0 Å². The highest BCUT2D eigenvalue weighted by Gasteiger charge is 2.92. The predicted molar refractivity (Wildman–Crippen MR) is 49.8 cm³/mol. The van der Waals surface area contributed by atoms with E-state index in [0.717, 1.165) is 0 Å². The van der Waals surface area contributed by atoms with Crippen molar-refractivity contribution in [3.05, 3.63) is 0 Å². The Morgan fingerprint density at radius 3 is 1.08 bits per heavy atom. The first kappa shape index (κ1) is 22.0. The molecule has 0 amide bonds. The smallest absolute Gasteiger partial charge is 0.362 e. The molecule has 15 heteroatoms. The molecule has 0 aromatic carbocycles. The molecule has 1 saturated heterocycles. The number of alkyl halides is 14. The lowest BCUT2D eigenvalue weighted by atomic mass is 9.79. The molecular formula is C10H6F14O. The molecule has 0 atom stereocenters. The molecule has 1 aliphatic heterocycles. The van der Waals surface area contributed by atoms with Crippen LogP contribution in [0.25, 0.3) is 0 Å². The summed E-state index contributed by atoms with van der Waals surface area (Å²) in [4.78, 5) is 0. The molecule has 0 bridgehead atoms. The zero-order chi connectivity index (χ0) is 20.3. The lowest BCUT2D eigenvalue weighted by Gasteiger charge is -2.46. The van der Waals surface area contributed by atoms with E-state index in [1.165, 1.54) is 0 Å². The Morgan fingerprint density at radius 2 is 0.880 bits per heavy atom. The monoisotopic (exact) mass is 408 g/mol. The van der Waals surface area contributed by atoms with E-state index >= 15 is 0 Å². The molecule has 0 N–H and O–H groups in total. The van der Waals surface area contributed by atoms with Gasteiger partial charge in [-0.25, -0.2) is 0 Å². The van der Waals surface area contributed by atoms with E-state index in [1.54, 1.807) is 0 Å². The maximum absolute atomic E-state index is 13.7. The van der Waals surface area contributed by atoms with Gasteiger partial charge in [0.1, 0.15) is 0 Å². The van der Waals surface area contributed by atoms with Crippen LogP contribution < -0.4 is 0 Å². The summed E-state index contributed by atoms with van der Waals surface area (Å²) in [5.74, 6) is -29.1. The van der Waals surface area contributed by atoms with Gasteiger partial charge in [-0.05, 0) is 12.8 Å². The quantitative estimate of drug-likeness (QED) is 0.582. The fourth-order valence-electron chi connectivity index (χ4n) is 2.20. The first-order chi connectivity index (χ1) is 10.7. The lowest BCUT2D eigenvalue weighted by molar-refractivity contribution is -0.448. The lowest BCUT2D eigenvalue weighted by Crippen LogP contribution is -2.75. The van der Waals surface area contributed by atoms with Gasteiger partial charge in [0.25, 0.3) is 0 Å². The summed E-state index contributed by atoms with van der Waals surface area (Å²) in [6, 6.07) is 0. The van der Waals surface area contributed by atoms with Gasteiger partial charge in [0.2, 0.25) is 5.60 Å². The minimum absolute atomic E-state index is 1.19. The highest BCUT2D eigenvalue weighted by atomic mass is 19.4. The molecule has 0 spiro atoms. The number of hydrogen-bond donors (Lipinski definition) is 0. The maximum Gasteiger partial charge on any atom is 0.459 e. The number of rotatable bonds is 4. The van der Waals surface area contributed by atoms with Crippen molar-refractivity contribution in [2.75, 3.05) is 6.61 Å². The molecule has 1 rings (SSSR count). The predicted octanol–water partition coefficient (Wildman–Crippen LogP) is 5.20. The SMILES string of the molecule is FC(F)(F)C(F)(F)C(F)(F)C1(C(F)(F)C(F)(F)C(F)(F)F)CCCO1. The van der Waals surface area contributed by atoms with E-state index in [1.807, 2.05) is 0 Å². The van der Waals surface area contributed by atoms with Crippen molar-refractivity contribution in [1.82, 2.24) is 0 Å². The van der Waals surface area contributed by atoms with Crippen molar-refractivity contribution < 1.29 is 66.2 Å². The third-order valence-electron chi connectivity index (χ3n) is 3.54. The van der Waals surface area contributed by atoms with Crippen LogP contribution in [0.15, 0.2) is 0 Å². The van der Waals surface area contributed by atoms with Crippen LogP contribution in [0.2, 0.25) is 0 Å². The molecule has 0 saturated carbocycles. The summed E-state index contributed by atoms with van der Waals surface area (Å²) in [5.41, 5.74) is -5.74. The Bertz CT molecular complexity index is 455. The first-order valence-electron chi connectivity index (χ1n) is 5.99. The average molecular weight is 408 g/mol. The molecule has 0 aromatic heterocycles. The van der Waals surface area contributed by atoms with Crippen LogP contribution in [0.4, 0.5) is 61.5 Å². The van der Waals surface area contributed by atoms with Crippen LogP contribution in [0, 0.1) is 0 Å². The zero-order valence-corrected chi connectivity index (χ0v) is 11.3. The van der Waals surface area contributed by atoms with Crippen LogP contribution >= 0.6 is 0 Å². The van der Waals surface area contributed by atoms with Crippen LogP contribution in [0.3, 0.4) is 0 Å². The van der Waals surface area contributed by atoms with E-state index in [0.29, 0.717) is 0 Å². The van der Waals surface area contributed by atoms with E-state index < -0.39 is 61.1 Å². The number of halogens is 14. The molecule has 1 fully saturated rings. The summed E-state index contributed by atoms with van der Waals surface area (Å²) in [5, 5.41) is 0.